The normalized spacial score (nSPS) is 11.1. The second-order valence-corrected chi connectivity index (χ2v) is 9.02. The Kier molecular flexibility index (Phi) is 6.47. The van der Waals surface area contributed by atoms with Gasteiger partial charge >= 0.3 is 0 Å². The topological polar surface area (TPSA) is 86.0 Å². The maximum Gasteiger partial charge on any atom is 0.127 e. The number of nitrogens with two attached hydrogens (primary N) is 1. The molecule has 0 aromatic carbocycles. The fraction of sp³-hybridized carbons (Fsp3) is 0.227. The van der Waals surface area contributed by atoms with Gasteiger partial charge in [0.15, 0.2) is 0 Å². The van der Waals surface area contributed by atoms with Crippen molar-refractivity contribution in [3.63, 3.8) is 0 Å². The highest BCUT2D eigenvalue weighted by Gasteiger charge is 2.19. The molecule has 0 amide bonds. The van der Waals surface area contributed by atoms with Gasteiger partial charge in [0.1, 0.15) is 10.6 Å². The van der Waals surface area contributed by atoms with Crippen molar-refractivity contribution in [3.8, 4) is 22.4 Å². The van der Waals surface area contributed by atoms with E-state index in [2.05, 4.69) is 27.4 Å². The molecule has 154 valence electrons. The number of hydrogen-bond donors (Lipinski definition) is 2. The van der Waals surface area contributed by atoms with E-state index in [1.54, 1.807) is 36.9 Å². The zero-order valence-corrected chi connectivity index (χ0v) is 18.5. The van der Waals surface area contributed by atoms with Gasteiger partial charge < -0.3 is 15.8 Å². The van der Waals surface area contributed by atoms with E-state index >= 15 is 0 Å². The lowest BCUT2D eigenvalue weighted by Gasteiger charge is -2.10. The Morgan fingerprint density at radius 2 is 2.10 bits per heavy atom. The first-order chi connectivity index (χ1) is 14.7. The first-order valence-electron chi connectivity index (χ1n) is 9.60. The highest BCUT2D eigenvalue weighted by molar-refractivity contribution is 8.01. The monoisotopic (exact) mass is 437 g/mol. The maximum absolute atomic E-state index is 5.77. The van der Waals surface area contributed by atoms with E-state index in [9.17, 15) is 0 Å². The van der Waals surface area contributed by atoms with Crippen LogP contribution < -0.4 is 11.1 Å². The van der Waals surface area contributed by atoms with Gasteiger partial charge in [-0.3, -0.25) is 4.98 Å². The van der Waals surface area contributed by atoms with Gasteiger partial charge in [0.05, 0.1) is 15.6 Å². The van der Waals surface area contributed by atoms with Crippen LogP contribution in [0.4, 0.5) is 11.5 Å². The molecule has 0 aliphatic heterocycles. The molecule has 8 heteroatoms. The van der Waals surface area contributed by atoms with Crippen molar-refractivity contribution in [2.24, 2.45) is 0 Å². The second kappa shape index (κ2) is 9.42. The Hall–Kier alpha value is -2.68. The van der Waals surface area contributed by atoms with Crippen molar-refractivity contribution < 1.29 is 4.74 Å². The predicted molar refractivity (Wildman–Crippen MR) is 127 cm³/mol. The molecule has 0 saturated carbocycles. The van der Waals surface area contributed by atoms with Crippen LogP contribution >= 0.6 is 23.1 Å². The third-order valence-corrected chi connectivity index (χ3v) is 7.10. The Bertz CT molecular complexity index is 1130. The summed E-state index contributed by atoms with van der Waals surface area (Å²) in [7, 11) is 3.70. The molecule has 0 unspecified atom stereocenters. The van der Waals surface area contributed by atoms with Crippen molar-refractivity contribution in [3.05, 3.63) is 48.9 Å². The summed E-state index contributed by atoms with van der Waals surface area (Å²) in [5.74, 6) is 1.49. The van der Waals surface area contributed by atoms with Gasteiger partial charge in [-0.05, 0) is 36.2 Å². The molecular weight excluding hydrogens is 414 g/mol. The number of nitrogen functional groups attached to an aromatic ring is 1. The number of nitrogens with one attached hydrogen (secondary N) is 1. The molecule has 0 radical (unpaired) electrons. The van der Waals surface area contributed by atoms with E-state index < -0.39 is 0 Å². The third-order valence-electron chi connectivity index (χ3n) is 4.66. The molecule has 4 aromatic rings. The lowest BCUT2D eigenvalue weighted by Crippen LogP contribution is -1.94. The van der Waals surface area contributed by atoms with Crippen LogP contribution in [0.1, 0.15) is 6.42 Å². The van der Waals surface area contributed by atoms with E-state index in [1.165, 1.54) is 4.21 Å². The van der Waals surface area contributed by atoms with E-state index in [-0.39, 0.29) is 0 Å². The highest BCUT2D eigenvalue weighted by atomic mass is 32.2. The lowest BCUT2D eigenvalue weighted by molar-refractivity contribution is 0.200. The zero-order chi connectivity index (χ0) is 20.9. The quantitative estimate of drug-likeness (QED) is 0.290. The molecule has 4 rings (SSSR count). The molecule has 3 N–H and O–H groups in total. The van der Waals surface area contributed by atoms with Gasteiger partial charge in [0.2, 0.25) is 0 Å². The van der Waals surface area contributed by atoms with Crippen molar-refractivity contribution >= 4 is 44.8 Å². The van der Waals surface area contributed by atoms with Crippen molar-refractivity contribution in [2.45, 2.75) is 10.6 Å². The summed E-state index contributed by atoms with van der Waals surface area (Å²) >= 11 is 3.55. The fourth-order valence-electron chi connectivity index (χ4n) is 3.23. The summed E-state index contributed by atoms with van der Waals surface area (Å²) in [5, 5.41) is 4.53. The molecule has 0 aliphatic carbocycles. The van der Waals surface area contributed by atoms with Crippen LogP contribution in [0, 0.1) is 0 Å². The van der Waals surface area contributed by atoms with Crippen molar-refractivity contribution in [1.82, 2.24) is 15.0 Å². The Morgan fingerprint density at radius 3 is 2.80 bits per heavy atom. The minimum absolute atomic E-state index is 0.496. The number of thiophene rings is 1. The number of anilines is 2. The third kappa shape index (κ3) is 4.26. The molecule has 0 saturated heterocycles. The summed E-state index contributed by atoms with van der Waals surface area (Å²) in [6, 6.07) is 9.90. The average molecular weight is 438 g/mol. The second-order valence-electron chi connectivity index (χ2n) is 6.66. The summed E-state index contributed by atoms with van der Waals surface area (Å²) in [6.07, 6.45) is 6.45. The van der Waals surface area contributed by atoms with Crippen LogP contribution in [0.25, 0.3) is 32.6 Å². The fourth-order valence-corrected chi connectivity index (χ4v) is 5.69. The lowest BCUT2D eigenvalue weighted by atomic mass is 10.0. The molecule has 4 aromatic heterocycles. The van der Waals surface area contributed by atoms with Gasteiger partial charge in [-0.25, -0.2) is 9.97 Å². The van der Waals surface area contributed by atoms with E-state index in [0.717, 1.165) is 57.1 Å². The van der Waals surface area contributed by atoms with Gasteiger partial charge in [0.25, 0.3) is 0 Å². The van der Waals surface area contributed by atoms with E-state index in [4.69, 9.17) is 15.5 Å². The first-order valence-corrected chi connectivity index (χ1v) is 11.4. The molecule has 0 spiro atoms. The van der Waals surface area contributed by atoms with Gasteiger partial charge in [0, 0.05) is 61.6 Å². The molecule has 0 bridgehead atoms. The minimum Gasteiger partial charge on any atom is -0.386 e. The molecule has 0 atom stereocenters. The number of thioether (sulfide) groups is 1. The first kappa shape index (κ1) is 20.6. The predicted octanol–water partition coefficient (Wildman–Crippen LogP) is 5.17. The summed E-state index contributed by atoms with van der Waals surface area (Å²) in [5.41, 5.74) is 10.8. The van der Waals surface area contributed by atoms with Crippen LogP contribution in [0.3, 0.4) is 0 Å². The van der Waals surface area contributed by atoms with Gasteiger partial charge in [-0.15, -0.1) is 23.1 Å². The molecule has 4 heterocycles. The Labute approximate surface area is 183 Å². The summed E-state index contributed by atoms with van der Waals surface area (Å²) in [6.45, 7) is 0.764. The number of pyridine rings is 3. The van der Waals surface area contributed by atoms with Crippen LogP contribution in [0.2, 0.25) is 0 Å². The number of rotatable bonds is 8. The molecule has 30 heavy (non-hydrogen) atoms. The number of nitrogens with zero attached hydrogens (tertiary/aromatic N) is 3. The van der Waals surface area contributed by atoms with Crippen molar-refractivity contribution in [1.29, 1.82) is 0 Å². The number of ether oxygens (including phenoxy) is 1. The zero-order valence-electron chi connectivity index (χ0n) is 16.9. The Balaban J connectivity index is 1.87. The standard InChI is InChI=1S/C22H23N5OS2/c1-24-20-19-16(14-5-3-8-25-12-14)11-17(15-6-7-18(23)26-13-15)27-21(19)30-22(20)29-10-4-9-28-2/h3,5-8,11-13,24H,4,9-10H2,1-2H3,(H2,23,26). The number of aromatic nitrogens is 3. The molecule has 6 nitrogen and oxygen atoms in total. The minimum atomic E-state index is 0.496. The smallest absolute Gasteiger partial charge is 0.127 e. The molecular formula is C22H23N5OS2. The average Bonchev–Trinajstić information content (AvgIpc) is 3.14. The largest absolute Gasteiger partial charge is 0.386 e. The van der Waals surface area contributed by atoms with Crippen LogP contribution in [-0.2, 0) is 4.74 Å². The van der Waals surface area contributed by atoms with E-state index in [1.807, 2.05) is 37.1 Å². The van der Waals surface area contributed by atoms with Gasteiger partial charge in [-0.1, -0.05) is 6.07 Å². The van der Waals surface area contributed by atoms with Crippen molar-refractivity contribution in [2.75, 3.05) is 37.6 Å². The molecule has 0 fully saturated rings. The highest BCUT2D eigenvalue weighted by Crippen LogP contribution is 2.46. The summed E-state index contributed by atoms with van der Waals surface area (Å²) < 4.78 is 6.42. The maximum atomic E-state index is 5.77. The van der Waals surface area contributed by atoms with Crippen LogP contribution in [-0.4, -0.2) is 41.5 Å². The number of hydrogen-bond acceptors (Lipinski definition) is 8. The van der Waals surface area contributed by atoms with Gasteiger partial charge in [-0.2, -0.15) is 0 Å². The SMILES string of the molecule is CNc1c(SCCCOC)sc2nc(-c3ccc(N)nc3)cc(-c3cccnc3)c12. The number of methoxy groups -OCH3 is 1. The van der Waals surface area contributed by atoms with Crippen LogP contribution in [0.5, 0.6) is 0 Å². The van der Waals surface area contributed by atoms with E-state index in [0.29, 0.717) is 5.82 Å². The summed E-state index contributed by atoms with van der Waals surface area (Å²) in [4.78, 5) is 14.5. The number of fused-ring (bicyclic) bond motifs is 1. The van der Waals surface area contributed by atoms with Crippen LogP contribution in [0.15, 0.2) is 53.1 Å². The Morgan fingerprint density at radius 1 is 1.20 bits per heavy atom. The molecule has 0 aliphatic rings.